The number of alkyl halides is 1. The van der Waals surface area contributed by atoms with Gasteiger partial charge in [-0.1, -0.05) is 34.1 Å². The Balaban J connectivity index is 2.46. The van der Waals surface area contributed by atoms with Crippen molar-refractivity contribution in [3.05, 3.63) is 0 Å². The van der Waals surface area contributed by atoms with Crippen molar-refractivity contribution < 1.29 is 0 Å². The summed E-state index contributed by atoms with van der Waals surface area (Å²) in [5, 5.41) is 0.453. The van der Waals surface area contributed by atoms with Crippen LogP contribution in [-0.4, -0.2) is 5.38 Å². The van der Waals surface area contributed by atoms with Gasteiger partial charge in [0.2, 0.25) is 0 Å². The van der Waals surface area contributed by atoms with Gasteiger partial charge in [-0.25, -0.2) is 0 Å². The molecule has 1 saturated carbocycles. The second-order valence-electron chi connectivity index (χ2n) is 5.84. The van der Waals surface area contributed by atoms with E-state index in [-0.39, 0.29) is 0 Å². The molecule has 0 amide bonds. The quantitative estimate of drug-likeness (QED) is 0.590. The molecule has 4 unspecified atom stereocenters. The van der Waals surface area contributed by atoms with Gasteiger partial charge in [-0.05, 0) is 49.4 Å². The lowest BCUT2D eigenvalue weighted by atomic mass is 9.73. The van der Waals surface area contributed by atoms with E-state index in [1.807, 2.05) is 0 Å². The Morgan fingerprint density at radius 1 is 1.20 bits per heavy atom. The fraction of sp³-hybridized carbons (Fsp3) is 1.00. The largest absolute Gasteiger partial charge is 0.123 e. The normalized spacial score (nSPS) is 34.4. The van der Waals surface area contributed by atoms with E-state index in [4.69, 9.17) is 11.6 Å². The number of rotatable bonds is 4. The van der Waals surface area contributed by atoms with Gasteiger partial charge in [0.15, 0.2) is 0 Å². The van der Waals surface area contributed by atoms with Crippen LogP contribution in [0.15, 0.2) is 0 Å². The van der Waals surface area contributed by atoms with E-state index in [9.17, 15) is 0 Å². The predicted molar refractivity (Wildman–Crippen MR) is 69.4 cm³/mol. The Morgan fingerprint density at radius 3 is 2.40 bits per heavy atom. The third kappa shape index (κ3) is 3.98. The van der Waals surface area contributed by atoms with Crippen molar-refractivity contribution in [3.63, 3.8) is 0 Å². The first-order chi connectivity index (χ1) is 7.04. The fourth-order valence-electron chi connectivity index (χ4n) is 2.80. The molecule has 1 aliphatic carbocycles. The second-order valence-corrected chi connectivity index (χ2v) is 6.40. The molecule has 1 rings (SSSR count). The summed E-state index contributed by atoms with van der Waals surface area (Å²) < 4.78 is 0. The van der Waals surface area contributed by atoms with Crippen LogP contribution in [0.5, 0.6) is 0 Å². The van der Waals surface area contributed by atoms with E-state index >= 15 is 0 Å². The SMILES string of the molecule is CCC(C)CC1CC(C(C)C)CCC1Cl. The molecular weight excluding hydrogens is 204 g/mol. The molecule has 0 bridgehead atoms. The van der Waals surface area contributed by atoms with Gasteiger partial charge in [-0.15, -0.1) is 11.6 Å². The van der Waals surface area contributed by atoms with Crippen LogP contribution in [-0.2, 0) is 0 Å². The van der Waals surface area contributed by atoms with Crippen LogP contribution < -0.4 is 0 Å². The lowest BCUT2D eigenvalue weighted by Gasteiger charge is -2.36. The van der Waals surface area contributed by atoms with Gasteiger partial charge in [0.25, 0.3) is 0 Å². The Kier molecular flexibility index (Phi) is 5.46. The first-order valence-corrected chi connectivity index (χ1v) is 7.12. The van der Waals surface area contributed by atoms with Crippen molar-refractivity contribution in [1.82, 2.24) is 0 Å². The maximum absolute atomic E-state index is 6.45. The maximum Gasteiger partial charge on any atom is 0.0364 e. The van der Waals surface area contributed by atoms with Crippen molar-refractivity contribution in [1.29, 1.82) is 0 Å². The molecule has 0 heterocycles. The fourth-order valence-corrected chi connectivity index (χ4v) is 3.13. The zero-order valence-electron chi connectivity index (χ0n) is 10.8. The number of hydrogen-bond acceptors (Lipinski definition) is 0. The summed E-state index contributed by atoms with van der Waals surface area (Å²) in [5.41, 5.74) is 0. The summed E-state index contributed by atoms with van der Waals surface area (Å²) in [5.74, 6) is 3.40. The molecule has 1 aliphatic rings. The van der Waals surface area contributed by atoms with Gasteiger partial charge >= 0.3 is 0 Å². The highest BCUT2D eigenvalue weighted by Gasteiger charge is 2.30. The number of hydrogen-bond donors (Lipinski definition) is 0. The molecule has 0 spiro atoms. The second kappa shape index (κ2) is 6.13. The molecule has 0 aromatic rings. The van der Waals surface area contributed by atoms with E-state index in [1.54, 1.807) is 0 Å². The third-order valence-electron chi connectivity index (χ3n) is 4.28. The zero-order chi connectivity index (χ0) is 11.4. The molecular formula is C14H27Cl. The average molecular weight is 231 g/mol. The molecule has 0 saturated heterocycles. The van der Waals surface area contributed by atoms with Gasteiger partial charge < -0.3 is 0 Å². The summed E-state index contributed by atoms with van der Waals surface area (Å²) in [6, 6.07) is 0. The Morgan fingerprint density at radius 2 is 1.87 bits per heavy atom. The highest BCUT2D eigenvalue weighted by molar-refractivity contribution is 6.20. The Labute approximate surface area is 101 Å². The molecule has 4 atom stereocenters. The Bertz CT molecular complexity index is 176. The molecule has 1 fully saturated rings. The first-order valence-electron chi connectivity index (χ1n) is 6.68. The third-order valence-corrected chi connectivity index (χ3v) is 4.85. The minimum atomic E-state index is 0.453. The highest BCUT2D eigenvalue weighted by Crippen LogP contribution is 2.39. The summed E-state index contributed by atoms with van der Waals surface area (Å²) in [4.78, 5) is 0. The summed E-state index contributed by atoms with van der Waals surface area (Å²) >= 11 is 6.45. The summed E-state index contributed by atoms with van der Waals surface area (Å²) in [6.45, 7) is 9.37. The topological polar surface area (TPSA) is 0 Å². The van der Waals surface area contributed by atoms with Crippen LogP contribution in [0, 0.1) is 23.7 Å². The molecule has 0 aromatic carbocycles. The molecule has 0 N–H and O–H groups in total. The molecule has 0 aromatic heterocycles. The van der Waals surface area contributed by atoms with Crippen molar-refractivity contribution >= 4 is 11.6 Å². The van der Waals surface area contributed by atoms with E-state index in [0.717, 1.165) is 23.7 Å². The van der Waals surface area contributed by atoms with Gasteiger partial charge in [-0.3, -0.25) is 0 Å². The smallest absolute Gasteiger partial charge is 0.0364 e. The van der Waals surface area contributed by atoms with Crippen LogP contribution in [0.3, 0.4) is 0 Å². The molecule has 90 valence electrons. The average Bonchev–Trinajstić information content (AvgIpc) is 2.20. The van der Waals surface area contributed by atoms with Gasteiger partial charge in [0, 0.05) is 5.38 Å². The molecule has 1 heteroatoms. The van der Waals surface area contributed by atoms with Crippen molar-refractivity contribution in [2.24, 2.45) is 23.7 Å². The molecule has 0 nitrogen and oxygen atoms in total. The molecule has 0 aliphatic heterocycles. The van der Waals surface area contributed by atoms with Crippen LogP contribution >= 0.6 is 11.6 Å². The minimum Gasteiger partial charge on any atom is -0.123 e. The molecule has 0 radical (unpaired) electrons. The lowest BCUT2D eigenvalue weighted by Crippen LogP contribution is -2.29. The highest BCUT2D eigenvalue weighted by atomic mass is 35.5. The van der Waals surface area contributed by atoms with Crippen LogP contribution in [0.4, 0.5) is 0 Å². The van der Waals surface area contributed by atoms with Gasteiger partial charge in [-0.2, -0.15) is 0 Å². The monoisotopic (exact) mass is 230 g/mol. The molecule has 15 heavy (non-hydrogen) atoms. The number of halogens is 1. The van der Waals surface area contributed by atoms with Crippen molar-refractivity contribution in [2.75, 3.05) is 0 Å². The predicted octanol–water partition coefficient (Wildman–Crippen LogP) is 5.10. The zero-order valence-corrected chi connectivity index (χ0v) is 11.6. The van der Waals surface area contributed by atoms with Crippen LogP contribution in [0.25, 0.3) is 0 Å². The first kappa shape index (κ1) is 13.4. The van der Waals surface area contributed by atoms with Crippen LogP contribution in [0.1, 0.15) is 59.8 Å². The summed E-state index contributed by atoms with van der Waals surface area (Å²) in [7, 11) is 0. The maximum atomic E-state index is 6.45. The van der Waals surface area contributed by atoms with E-state index in [1.165, 1.54) is 32.1 Å². The van der Waals surface area contributed by atoms with Gasteiger partial charge in [0.1, 0.15) is 0 Å². The van der Waals surface area contributed by atoms with E-state index < -0.39 is 0 Å². The van der Waals surface area contributed by atoms with E-state index in [2.05, 4.69) is 27.7 Å². The minimum absolute atomic E-state index is 0.453. The van der Waals surface area contributed by atoms with E-state index in [0.29, 0.717) is 5.38 Å². The van der Waals surface area contributed by atoms with Crippen molar-refractivity contribution in [3.8, 4) is 0 Å². The van der Waals surface area contributed by atoms with Crippen LogP contribution in [0.2, 0.25) is 0 Å². The van der Waals surface area contributed by atoms with Crippen molar-refractivity contribution in [2.45, 2.75) is 65.2 Å². The summed E-state index contributed by atoms with van der Waals surface area (Å²) in [6.07, 6.45) is 6.60. The van der Waals surface area contributed by atoms with Gasteiger partial charge in [0.05, 0.1) is 0 Å². The lowest BCUT2D eigenvalue weighted by molar-refractivity contribution is 0.194. The Hall–Kier alpha value is 0.290. The standard InChI is InChI=1S/C14H27Cl/c1-5-11(4)8-13-9-12(10(2)3)6-7-14(13)15/h10-14H,5-9H2,1-4H3.